The third-order valence-corrected chi connectivity index (χ3v) is 4.24. The first-order chi connectivity index (χ1) is 9.49. The van der Waals surface area contributed by atoms with Gasteiger partial charge in [-0.25, -0.2) is 0 Å². The first kappa shape index (κ1) is 14.8. The molecule has 20 heavy (non-hydrogen) atoms. The van der Waals surface area contributed by atoms with Crippen LogP contribution in [0.5, 0.6) is 0 Å². The molecule has 0 unspecified atom stereocenters. The van der Waals surface area contributed by atoms with Crippen LogP contribution in [0.2, 0.25) is 0 Å². The van der Waals surface area contributed by atoms with E-state index in [1.54, 1.807) is 4.90 Å². The van der Waals surface area contributed by atoms with Gasteiger partial charge in [-0.2, -0.15) is 0 Å². The fourth-order valence-corrected chi connectivity index (χ4v) is 2.45. The molecule has 0 atom stereocenters. The zero-order valence-corrected chi connectivity index (χ0v) is 13.6. The summed E-state index contributed by atoms with van der Waals surface area (Å²) < 4.78 is 0.965. The highest BCUT2D eigenvalue weighted by molar-refractivity contribution is 9.10. The summed E-state index contributed by atoms with van der Waals surface area (Å²) in [5.74, 6) is 0.0457. The molecule has 0 heterocycles. The number of amides is 1. The molecule has 2 aromatic carbocycles. The van der Waals surface area contributed by atoms with Crippen LogP contribution in [0.3, 0.4) is 0 Å². The summed E-state index contributed by atoms with van der Waals surface area (Å²) in [5.41, 5.74) is 4.09. The molecule has 0 saturated heterocycles. The van der Waals surface area contributed by atoms with Gasteiger partial charge in [0.2, 0.25) is 0 Å². The van der Waals surface area contributed by atoms with Gasteiger partial charge in [0.15, 0.2) is 0 Å². The standard InChI is InChI=1S/C17H18BrNO/c1-12-7-9-14(10-8-12)11-19(3)17(20)15-5-4-6-16(18)13(15)2/h4-10H,11H2,1-3H3. The highest BCUT2D eigenvalue weighted by atomic mass is 79.9. The number of carbonyl (C=O) groups excluding carboxylic acids is 1. The van der Waals surface area contributed by atoms with Gasteiger partial charge in [0.1, 0.15) is 0 Å². The van der Waals surface area contributed by atoms with Crippen molar-refractivity contribution < 1.29 is 4.79 Å². The van der Waals surface area contributed by atoms with E-state index >= 15 is 0 Å². The van der Waals surface area contributed by atoms with Gasteiger partial charge in [-0.1, -0.05) is 51.8 Å². The lowest BCUT2D eigenvalue weighted by molar-refractivity contribution is 0.0784. The number of carbonyl (C=O) groups is 1. The van der Waals surface area contributed by atoms with Crippen LogP contribution in [-0.4, -0.2) is 17.9 Å². The van der Waals surface area contributed by atoms with E-state index in [4.69, 9.17) is 0 Å². The van der Waals surface area contributed by atoms with Crippen LogP contribution in [0, 0.1) is 13.8 Å². The van der Waals surface area contributed by atoms with Gasteiger partial charge in [0.25, 0.3) is 5.91 Å². The summed E-state index contributed by atoms with van der Waals surface area (Å²) in [4.78, 5) is 14.2. The predicted octanol–water partition coefficient (Wildman–Crippen LogP) is 4.34. The number of rotatable bonds is 3. The fourth-order valence-electron chi connectivity index (χ4n) is 2.08. The summed E-state index contributed by atoms with van der Waals surface area (Å²) in [6.07, 6.45) is 0. The van der Waals surface area contributed by atoms with Crippen LogP contribution >= 0.6 is 15.9 Å². The second-order valence-corrected chi connectivity index (χ2v) is 5.91. The smallest absolute Gasteiger partial charge is 0.254 e. The minimum Gasteiger partial charge on any atom is -0.337 e. The first-order valence-electron chi connectivity index (χ1n) is 6.55. The van der Waals surface area contributed by atoms with Crippen LogP contribution in [-0.2, 0) is 6.54 Å². The van der Waals surface area contributed by atoms with E-state index in [-0.39, 0.29) is 5.91 Å². The number of hydrogen-bond acceptors (Lipinski definition) is 1. The van der Waals surface area contributed by atoms with Crippen LogP contribution in [0.4, 0.5) is 0 Å². The van der Waals surface area contributed by atoms with Gasteiger partial charge in [0.05, 0.1) is 0 Å². The van der Waals surface area contributed by atoms with Crippen molar-refractivity contribution in [1.82, 2.24) is 4.90 Å². The molecule has 0 aliphatic rings. The highest BCUT2D eigenvalue weighted by Gasteiger charge is 2.15. The van der Waals surface area contributed by atoms with Crippen molar-refractivity contribution >= 4 is 21.8 Å². The maximum absolute atomic E-state index is 12.5. The second-order valence-electron chi connectivity index (χ2n) is 5.06. The summed E-state index contributed by atoms with van der Waals surface area (Å²) >= 11 is 3.47. The Kier molecular flexibility index (Phi) is 4.61. The Morgan fingerprint density at radius 2 is 1.75 bits per heavy atom. The molecule has 1 amide bonds. The van der Waals surface area contributed by atoms with Crippen LogP contribution in [0.1, 0.15) is 27.0 Å². The van der Waals surface area contributed by atoms with Crippen LogP contribution in [0.15, 0.2) is 46.9 Å². The van der Waals surface area contributed by atoms with Gasteiger partial charge in [-0.05, 0) is 37.1 Å². The van der Waals surface area contributed by atoms with Crippen LogP contribution in [0.25, 0.3) is 0 Å². The molecular weight excluding hydrogens is 314 g/mol. The van der Waals surface area contributed by atoms with E-state index in [1.807, 2.05) is 32.2 Å². The fraction of sp³-hybridized carbons (Fsp3) is 0.235. The van der Waals surface area contributed by atoms with E-state index in [1.165, 1.54) is 5.56 Å². The summed E-state index contributed by atoms with van der Waals surface area (Å²) in [5, 5.41) is 0. The lowest BCUT2D eigenvalue weighted by Crippen LogP contribution is -2.26. The van der Waals surface area contributed by atoms with Crippen molar-refractivity contribution in [3.63, 3.8) is 0 Å². The summed E-state index contributed by atoms with van der Waals surface area (Å²) in [6, 6.07) is 14.0. The van der Waals surface area contributed by atoms with Crippen molar-refractivity contribution in [1.29, 1.82) is 0 Å². The SMILES string of the molecule is Cc1ccc(CN(C)C(=O)c2cccc(Br)c2C)cc1. The van der Waals surface area contributed by atoms with Crippen molar-refractivity contribution in [3.8, 4) is 0 Å². The Morgan fingerprint density at radius 1 is 1.10 bits per heavy atom. The Hall–Kier alpha value is -1.61. The lowest BCUT2D eigenvalue weighted by atomic mass is 10.1. The quantitative estimate of drug-likeness (QED) is 0.819. The molecule has 0 aliphatic heterocycles. The molecule has 104 valence electrons. The predicted molar refractivity (Wildman–Crippen MR) is 85.9 cm³/mol. The van der Waals surface area contributed by atoms with E-state index in [2.05, 4.69) is 47.1 Å². The van der Waals surface area contributed by atoms with Crippen LogP contribution < -0.4 is 0 Å². The van der Waals surface area contributed by atoms with E-state index in [0.29, 0.717) is 6.54 Å². The summed E-state index contributed by atoms with van der Waals surface area (Å²) in [7, 11) is 1.84. The number of hydrogen-bond donors (Lipinski definition) is 0. The van der Waals surface area contributed by atoms with Gasteiger partial charge >= 0.3 is 0 Å². The summed E-state index contributed by atoms with van der Waals surface area (Å²) in [6.45, 7) is 4.63. The number of nitrogens with zero attached hydrogens (tertiary/aromatic N) is 1. The van der Waals surface area contributed by atoms with E-state index < -0.39 is 0 Å². The number of benzene rings is 2. The number of aryl methyl sites for hydroxylation is 1. The molecule has 0 aliphatic carbocycles. The Labute approximate surface area is 128 Å². The zero-order valence-electron chi connectivity index (χ0n) is 12.0. The molecule has 0 radical (unpaired) electrons. The molecule has 3 heteroatoms. The average molecular weight is 332 g/mol. The van der Waals surface area contributed by atoms with Crippen molar-refractivity contribution in [2.24, 2.45) is 0 Å². The molecule has 0 spiro atoms. The number of halogens is 1. The van der Waals surface area contributed by atoms with Gasteiger partial charge in [-0.15, -0.1) is 0 Å². The third kappa shape index (κ3) is 3.28. The van der Waals surface area contributed by atoms with E-state index in [9.17, 15) is 4.79 Å². The third-order valence-electron chi connectivity index (χ3n) is 3.39. The molecular formula is C17H18BrNO. The zero-order chi connectivity index (χ0) is 14.7. The lowest BCUT2D eigenvalue weighted by Gasteiger charge is -2.19. The topological polar surface area (TPSA) is 20.3 Å². The largest absolute Gasteiger partial charge is 0.337 e. The molecule has 0 bridgehead atoms. The van der Waals surface area contributed by atoms with E-state index in [0.717, 1.165) is 21.2 Å². The first-order valence-corrected chi connectivity index (χ1v) is 7.34. The van der Waals surface area contributed by atoms with Crippen molar-refractivity contribution in [3.05, 3.63) is 69.2 Å². The Morgan fingerprint density at radius 3 is 2.40 bits per heavy atom. The maximum Gasteiger partial charge on any atom is 0.254 e. The minimum absolute atomic E-state index is 0.0457. The second kappa shape index (κ2) is 6.23. The molecule has 0 aromatic heterocycles. The molecule has 2 rings (SSSR count). The Balaban J connectivity index is 2.16. The molecule has 0 fully saturated rings. The maximum atomic E-state index is 12.5. The van der Waals surface area contributed by atoms with Crippen molar-refractivity contribution in [2.45, 2.75) is 20.4 Å². The monoisotopic (exact) mass is 331 g/mol. The average Bonchev–Trinajstić information content (AvgIpc) is 2.43. The molecule has 2 nitrogen and oxygen atoms in total. The van der Waals surface area contributed by atoms with Gasteiger partial charge in [0, 0.05) is 23.6 Å². The van der Waals surface area contributed by atoms with Gasteiger partial charge < -0.3 is 4.90 Å². The molecule has 0 N–H and O–H groups in total. The molecule has 2 aromatic rings. The van der Waals surface area contributed by atoms with Crippen molar-refractivity contribution in [2.75, 3.05) is 7.05 Å². The minimum atomic E-state index is 0.0457. The van der Waals surface area contributed by atoms with Gasteiger partial charge in [-0.3, -0.25) is 4.79 Å². The highest BCUT2D eigenvalue weighted by Crippen LogP contribution is 2.21. The molecule has 0 saturated carbocycles. The normalized spacial score (nSPS) is 10.4. The Bertz CT molecular complexity index is 619.